The van der Waals surface area contributed by atoms with E-state index in [2.05, 4.69) is 46.4 Å². The van der Waals surface area contributed by atoms with Crippen LogP contribution in [-0.2, 0) is 22.1 Å². The second-order valence-corrected chi connectivity index (χ2v) is 14.3. The van der Waals surface area contributed by atoms with Gasteiger partial charge in [-0.05, 0) is 47.7 Å². The van der Waals surface area contributed by atoms with Crippen LogP contribution in [-0.4, -0.2) is 74.6 Å². The summed E-state index contributed by atoms with van der Waals surface area (Å²) in [4.78, 5) is 60.0. The predicted octanol–water partition coefficient (Wildman–Crippen LogP) is 4.79. The number of amides is 3. The summed E-state index contributed by atoms with van der Waals surface area (Å²) >= 11 is 0. The molecule has 3 amide bonds. The summed E-state index contributed by atoms with van der Waals surface area (Å²) in [5.74, 6) is -1.82. The van der Waals surface area contributed by atoms with Crippen LogP contribution < -0.4 is 15.5 Å². The Hall–Kier alpha value is -4.74. The smallest absolute Gasteiger partial charge is 0.305 e. The highest BCUT2D eigenvalue weighted by atomic mass is 16.4. The Labute approximate surface area is 276 Å². The van der Waals surface area contributed by atoms with Crippen LogP contribution in [0, 0.1) is 5.41 Å². The van der Waals surface area contributed by atoms with Gasteiger partial charge in [-0.25, -0.2) is 0 Å². The van der Waals surface area contributed by atoms with E-state index in [1.54, 1.807) is 54.3 Å². The van der Waals surface area contributed by atoms with E-state index in [4.69, 9.17) is 0 Å². The molecule has 0 radical (unpaired) electrons. The second kappa shape index (κ2) is 14.4. The van der Waals surface area contributed by atoms with Gasteiger partial charge in [-0.15, -0.1) is 0 Å². The molecule has 1 aliphatic heterocycles. The third-order valence-corrected chi connectivity index (χ3v) is 8.03. The Morgan fingerprint density at radius 3 is 2.32 bits per heavy atom. The van der Waals surface area contributed by atoms with Gasteiger partial charge in [-0.1, -0.05) is 47.6 Å². The molecule has 12 heteroatoms. The number of benzene rings is 1. The number of aliphatic carboxylic acids is 1. The average Bonchev–Trinajstić information content (AvgIpc) is 3.22. The van der Waals surface area contributed by atoms with Crippen molar-refractivity contribution in [3.8, 4) is 0 Å². The molecule has 1 aliphatic rings. The number of aryl methyl sites for hydroxylation is 1. The Bertz CT molecular complexity index is 1600. The van der Waals surface area contributed by atoms with Crippen molar-refractivity contribution in [1.82, 2.24) is 25.0 Å². The van der Waals surface area contributed by atoms with Crippen molar-refractivity contribution in [3.63, 3.8) is 0 Å². The topological polar surface area (TPSA) is 150 Å². The number of hydrogen-bond acceptors (Lipinski definition) is 7. The molecule has 1 aromatic carbocycles. The van der Waals surface area contributed by atoms with E-state index in [1.165, 1.54) is 6.20 Å². The second-order valence-electron chi connectivity index (χ2n) is 14.3. The summed E-state index contributed by atoms with van der Waals surface area (Å²) < 4.78 is 1.54. The molecule has 0 spiro atoms. The maximum absolute atomic E-state index is 13.7. The SMILES string of the molecule is Cn1nc(C(C)(C)C)cc1C(=O)Nc1cc(C(=O)NC(CC(=O)O)c2cccnc2)ccc1N1CCCN(C(=O)CC(C)(C)C)CC1. The lowest BCUT2D eigenvalue weighted by Gasteiger charge is -2.27. The number of carbonyl (C=O) groups is 4. The maximum Gasteiger partial charge on any atom is 0.305 e. The molecular weight excluding hydrogens is 598 g/mol. The van der Waals surface area contributed by atoms with E-state index in [-0.39, 0.29) is 34.6 Å². The van der Waals surface area contributed by atoms with Gasteiger partial charge in [0.05, 0.1) is 29.5 Å². The molecule has 1 saturated heterocycles. The van der Waals surface area contributed by atoms with Crippen LogP contribution in [0.15, 0.2) is 48.8 Å². The Balaban J connectivity index is 1.65. The minimum absolute atomic E-state index is 0.115. The molecule has 4 rings (SSSR count). The fraction of sp³-hybridized carbons (Fsp3) is 0.486. The van der Waals surface area contributed by atoms with E-state index >= 15 is 0 Å². The summed E-state index contributed by atoms with van der Waals surface area (Å²) in [7, 11) is 1.72. The standard InChI is InChI=1S/C35H47N7O5/c1-34(2,3)21-30(43)42-15-9-14-41(16-17-42)27-12-11-23(32(46)37-25(19-31(44)45)24-10-8-13-36-22-24)18-26(27)38-33(47)28-20-29(35(4,5)6)39-40(28)7/h8,10-13,18,20,22,25H,9,14-17,19,21H2,1-7H3,(H,37,46)(H,38,47)(H,44,45). The number of anilines is 2. The van der Waals surface area contributed by atoms with Crippen LogP contribution in [0.1, 0.15) is 99.0 Å². The van der Waals surface area contributed by atoms with Gasteiger partial charge >= 0.3 is 5.97 Å². The predicted molar refractivity (Wildman–Crippen MR) is 180 cm³/mol. The third-order valence-electron chi connectivity index (χ3n) is 8.03. The highest BCUT2D eigenvalue weighted by Gasteiger charge is 2.27. The quantitative estimate of drug-likeness (QED) is 0.301. The molecule has 3 heterocycles. The summed E-state index contributed by atoms with van der Waals surface area (Å²) in [5, 5.41) is 19.9. The summed E-state index contributed by atoms with van der Waals surface area (Å²) in [6.45, 7) is 14.6. The zero-order valence-electron chi connectivity index (χ0n) is 28.5. The van der Waals surface area contributed by atoms with Crippen LogP contribution in [0.5, 0.6) is 0 Å². The van der Waals surface area contributed by atoms with Crippen molar-refractivity contribution in [3.05, 3.63) is 71.3 Å². The number of nitrogens with zero attached hydrogens (tertiary/aromatic N) is 5. The molecular formula is C35H47N7O5. The van der Waals surface area contributed by atoms with E-state index in [9.17, 15) is 24.3 Å². The fourth-order valence-electron chi connectivity index (χ4n) is 5.51. The van der Waals surface area contributed by atoms with E-state index in [0.29, 0.717) is 55.2 Å². The van der Waals surface area contributed by atoms with Gasteiger partial charge in [-0.3, -0.25) is 28.8 Å². The van der Waals surface area contributed by atoms with Gasteiger partial charge in [0.1, 0.15) is 5.69 Å². The van der Waals surface area contributed by atoms with Crippen molar-refractivity contribution in [2.75, 3.05) is 36.4 Å². The first-order chi connectivity index (χ1) is 22.0. The largest absolute Gasteiger partial charge is 0.481 e. The molecule has 0 saturated carbocycles. The summed E-state index contributed by atoms with van der Waals surface area (Å²) in [6.07, 6.45) is 3.97. The number of carboxylic acid groups (broad SMARTS) is 1. The zero-order chi connectivity index (χ0) is 34.5. The Morgan fingerprint density at radius 2 is 1.70 bits per heavy atom. The number of carbonyl (C=O) groups excluding carboxylic acids is 3. The zero-order valence-corrected chi connectivity index (χ0v) is 28.5. The molecule has 2 aromatic heterocycles. The van der Waals surface area contributed by atoms with Crippen molar-refractivity contribution >= 4 is 35.1 Å². The lowest BCUT2D eigenvalue weighted by atomic mass is 9.91. The number of pyridine rings is 1. The molecule has 252 valence electrons. The van der Waals surface area contributed by atoms with Gasteiger partial charge in [0.25, 0.3) is 11.8 Å². The molecule has 47 heavy (non-hydrogen) atoms. The van der Waals surface area contributed by atoms with Crippen LogP contribution in [0.3, 0.4) is 0 Å². The van der Waals surface area contributed by atoms with Gasteiger partial charge in [0, 0.05) is 63.0 Å². The normalized spacial score (nSPS) is 14.7. The highest BCUT2D eigenvalue weighted by Crippen LogP contribution is 2.31. The van der Waals surface area contributed by atoms with Crippen LogP contribution in [0.2, 0.25) is 0 Å². The molecule has 0 bridgehead atoms. The highest BCUT2D eigenvalue weighted by molar-refractivity contribution is 6.06. The number of carboxylic acids is 1. The third kappa shape index (κ3) is 9.40. The molecule has 1 unspecified atom stereocenters. The van der Waals surface area contributed by atoms with Gasteiger partial charge < -0.3 is 25.5 Å². The molecule has 3 N–H and O–H groups in total. The fourth-order valence-corrected chi connectivity index (χ4v) is 5.51. The summed E-state index contributed by atoms with van der Waals surface area (Å²) in [5.41, 5.74) is 2.71. The number of rotatable bonds is 9. The number of hydrogen-bond donors (Lipinski definition) is 3. The first-order valence-electron chi connectivity index (χ1n) is 16.0. The van der Waals surface area contributed by atoms with Gasteiger partial charge in [0.2, 0.25) is 5.91 Å². The van der Waals surface area contributed by atoms with Gasteiger partial charge in [-0.2, -0.15) is 5.10 Å². The minimum atomic E-state index is -1.07. The molecule has 1 fully saturated rings. The number of nitrogens with one attached hydrogen (secondary N) is 2. The van der Waals surface area contributed by atoms with Crippen LogP contribution in [0.25, 0.3) is 0 Å². The molecule has 12 nitrogen and oxygen atoms in total. The lowest BCUT2D eigenvalue weighted by Crippen LogP contribution is -2.37. The summed E-state index contributed by atoms with van der Waals surface area (Å²) in [6, 6.07) is 9.41. The average molecular weight is 646 g/mol. The van der Waals surface area contributed by atoms with Crippen molar-refractivity contribution in [2.45, 2.75) is 72.3 Å². The van der Waals surface area contributed by atoms with Gasteiger partial charge in [0.15, 0.2) is 0 Å². The van der Waals surface area contributed by atoms with Crippen molar-refractivity contribution in [2.24, 2.45) is 12.5 Å². The van der Waals surface area contributed by atoms with Crippen molar-refractivity contribution in [1.29, 1.82) is 0 Å². The van der Waals surface area contributed by atoms with Crippen molar-refractivity contribution < 1.29 is 24.3 Å². The van der Waals surface area contributed by atoms with Crippen LogP contribution >= 0.6 is 0 Å². The molecule has 1 atom stereocenters. The molecule has 0 aliphatic carbocycles. The first kappa shape index (κ1) is 35.1. The van der Waals surface area contributed by atoms with E-state index < -0.39 is 17.9 Å². The minimum Gasteiger partial charge on any atom is -0.481 e. The number of aromatic nitrogens is 3. The van der Waals surface area contributed by atoms with E-state index in [1.807, 2.05) is 25.7 Å². The first-order valence-corrected chi connectivity index (χ1v) is 16.0. The molecule has 3 aromatic rings. The lowest BCUT2D eigenvalue weighted by molar-refractivity contribution is -0.137. The maximum atomic E-state index is 13.7. The Kier molecular flexibility index (Phi) is 10.7. The monoisotopic (exact) mass is 645 g/mol. The Morgan fingerprint density at radius 1 is 0.957 bits per heavy atom. The van der Waals surface area contributed by atoms with E-state index in [0.717, 1.165) is 12.1 Å². The van der Waals surface area contributed by atoms with Crippen LogP contribution in [0.4, 0.5) is 11.4 Å².